The average Bonchev–Trinajstić information content (AvgIpc) is 3.60. The van der Waals surface area contributed by atoms with Crippen molar-refractivity contribution in [3.05, 3.63) is 59.8 Å². The molecule has 2 aliphatic carbocycles. The van der Waals surface area contributed by atoms with E-state index in [4.69, 9.17) is 0 Å². The average molecular weight is 391 g/mol. The molecule has 0 bridgehead atoms. The SMILES string of the molecule is O=C(CN1CCN(c2ccccn2)CC1)N(C1CC1)C1CCCc2ccccc21. The second kappa shape index (κ2) is 8.15. The molecule has 0 spiro atoms. The molecule has 29 heavy (non-hydrogen) atoms. The number of amides is 1. The number of rotatable bonds is 5. The Balaban J connectivity index is 1.24. The first-order chi connectivity index (χ1) is 14.3. The number of hydrogen-bond donors (Lipinski definition) is 0. The molecule has 1 amide bonds. The van der Waals surface area contributed by atoms with Crippen LogP contribution >= 0.6 is 0 Å². The summed E-state index contributed by atoms with van der Waals surface area (Å²) in [6.07, 6.45) is 7.61. The smallest absolute Gasteiger partial charge is 0.237 e. The van der Waals surface area contributed by atoms with E-state index in [-0.39, 0.29) is 6.04 Å². The predicted molar refractivity (Wildman–Crippen MR) is 115 cm³/mol. The summed E-state index contributed by atoms with van der Waals surface area (Å²) in [5, 5.41) is 0. The van der Waals surface area contributed by atoms with Gasteiger partial charge in [0.1, 0.15) is 5.82 Å². The molecule has 1 saturated heterocycles. The van der Waals surface area contributed by atoms with Crippen molar-refractivity contribution < 1.29 is 4.79 Å². The molecule has 5 rings (SSSR count). The van der Waals surface area contributed by atoms with Crippen LogP contribution in [-0.2, 0) is 11.2 Å². The minimum absolute atomic E-state index is 0.273. The molecule has 2 fully saturated rings. The first kappa shape index (κ1) is 18.6. The van der Waals surface area contributed by atoms with Crippen molar-refractivity contribution in [3.63, 3.8) is 0 Å². The first-order valence-corrected chi connectivity index (χ1v) is 11.1. The zero-order valence-corrected chi connectivity index (χ0v) is 17.0. The highest BCUT2D eigenvalue weighted by atomic mass is 16.2. The second-order valence-corrected chi connectivity index (χ2v) is 8.59. The van der Waals surface area contributed by atoms with Crippen molar-refractivity contribution in [2.24, 2.45) is 0 Å². The van der Waals surface area contributed by atoms with Crippen LogP contribution in [0.15, 0.2) is 48.7 Å². The molecule has 5 heteroatoms. The van der Waals surface area contributed by atoms with Gasteiger partial charge in [0.15, 0.2) is 0 Å². The number of carbonyl (C=O) groups is 1. The largest absolute Gasteiger partial charge is 0.354 e. The Morgan fingerprint density at radius 1 is 1.00 bits per heavy atom. The van der Waals surface area contributed by atoms with Gasteiger partial charge in [-0.15, -0.1) is 0 Å². The Hall–Kier alpha value is -2.40. The normalized spacial score (nSPS) is 22.2. The fraction of sp³-hybridized carbons (Fsp3) is 0.500. The summed E-state index contributed by atoms with van der Waals surface area (Å²) in [6.45, 7) is 4.25. The van der Waals surface area contributed by atoms with Gasteiger partial charge in [-0.3, -0.25) is 9.69 Å². The molecule has 0 radical (unpaired) electrons. The molecule has 152 valence electrons. The highest BCUT2D eigenvalue weighted by molar-refractivity contribution is 5.79. The Labute approximate surface area is 173 Å². The summed E-state index contributed by atoms with van der Waals surface area (Å²) in [5.74, 6) is 1.36. The highest BCUT2D eigenvalue weighted by Crippen LogP contribution is 2.40. The van der Waals surface area contributed by atoms with Crippen LogP contribution in [-0.4, -0.2) is 59.5 Å². The van der Waals surface area contributed by atoms with E-state index in [1.807, 2.05) is 18.3 Å². The number of anilines is 1. The van der Waals surface area contributed by atoms with Crippen molar-refractivity contribution in [3.8, 4) is 0 Å². The van der Waals surface area contributed by atoms with E-state index in [1.165, 1.54) is 17.5 Å². The van der Waals surface area contributed by atoms with Crippen LogP contribution in [0.2, 0.25) is 0 Å². The molecule has 2 heterocycles. The molecule has 3 aliphatic rings. The van der Waals surface area contributed by atoms with E-state index in [1.54, 1.807) is 0 Å². The fourth-order valence-electron chi connectivity index (χ4n) is 4.95. The van der Waals surface area contributed by atoms with Gasteiger partial charge >= 0.3 is 0 Å². The van der Waals surface area contributed by atoms with Crippen LogP contribution in [0.4, 0.5) is 5.82 Å². The number of aromatic nitrogens is 1. The summed E-state index contributed by atoms with van der Waals surface area (Å²) in [5.41, 5.74) is 2.82. The molecule has 1 aromatic heterocycles. The topological polar surface area (TPSA) is 39.7 Å². The number of pyridine rings is 1. The third kappa shape index (κ3) is 4.01. The molecular weight excluding hydrogens is 360 g/mol. The van der Waals surface area contributed by atoms with Crippen LogP contribution in [0.5, 0.6) is 0 Å². The highest BCUT2D eigenvalue weighted by Gasteiger charge is 2.39. The lowest BCUT2D eigenvalue weighted by Gasteiger charge is -2.39. The molecule has 1 aliphatic heterocycles. The van der Waals surface area contributed by atoms with Crippen molar-refractivity contribution in [1.29, 1.82) is 0 Å². The Kier molecular flexibility index (Phi) is 5.23. The Bertz CT molecular complexity index is 843. The van der Waals surface area contributed by atoms with Crippen molar-refractivity contribution in [1.82, 2.24) is 14.8 Å². The lowest BCUT2D eigenvalue weighted by molar-refractivity contribution is -0.136. The predicted octanol–water partition coefficient (Wildman–Crippen LogP) is 3.27. The molecule has 0 N–H and O–H groups in total. The Morgan fingerprint density at radius 3 is 2.55 bits per heavy atom. The van der Waals surface area contributed by atoms with Gasteiger partial charge in [-0.2, -0.15) is 0 Å². The summed E-state index contributed by atoms with van der Waals surface area (Å²) in [6, 6.07) is 15.5. The van der Waals surface area contributed by atoms with E-state index in [9.17, 15) is 4.79 Å². The van der Waals surface area contributed by atoms with E-state index in [2.05, 4.69) is 50.0 Å². The van der Waals surface area contributed by atoms with Gasteiger partial charge in [0, 0.05) is 38.4 Å². The zero-order valence-electron chi connectivity index (χ0n) is 17.0. The van der Waals surface area contributed by atoms with Gasteiger partial charge in [0.25, 0.3) is 0 Å². The van der Waals surface area contributed by atoms with Crippen molar-refractivity contribution >= 4 is 11.7 Å². The minimum atomic E-state index is 0.273. The van der Waals surface area contributed by atoms with Crippen LogP contribution < -0.4 is 4.90 Å². The van der Waals surface area contributed by atoms with E-state index < -0.39 is 0 Å². The molecule has 5 nitrogen and oxygen atoms in total. The third-order valence-electron chi connectivity index (χ3n) is 6.61. The number of carbonyl (C=O) groups excluding carboxylic acids is 1. The lowest BCUT2D eigenvalue weighted by atomic mass is 9.86. The molecular formula is C24H30N4O. The fourth-order valence-corrected chi connectivity index (χ4v) is 4.95. The molecule has 2 aromatic rings. The molecule has 1 unspecified atom stereocenters. The molecule has 1 saturated carbocycles. The number of benzene rings is 1. The van der Waals surface area contributed by atoms with E-state index in [0.29, 0.717) is 18.5 Å². The van der Waals surface area contributed by atoms with Crippen molar-refractivity contribution in [2.75, 3.05) is 37.6 Å². The summed E-state index contributed by atoms with van der Waals surface area (Å²) >= 11 is 0. The molecule has 1 atom stereocenters. The quantitative estimate of drug-likeness (QED) is 0.786. The van der Waals surface area contributed by atoms with E-state index >= 15 is 0 Å². The van der Waals surface area contributed by atoms with Gasteiger partial charge < -0.3 is 9.80 Å². The van der Waals surface area contributed by atoms with Crippen LogP contribution in [0, 0.1) is 0 Å². The number of piperazine rings is 1. The summed E-state index contributed by atoms with van der Waals surface area (Å²) < 4.78 is 0. The Morgan fingerprint density at radius 2 is 1.79 bits per heavy atom. The zero-order chi connectivity index (χ0) is 19.6. The van der Waals surface area contributed by atoms with Gasteiger partial charge in [-0.25, -0.2) is 4.98 Å². The van der Waals surface area contributed by atoms with Crippen LogP contribution in [0.3, 0.4) is 0 Å². The monoisotopic (exact) mass is 390 g/mol. The van der Waals surface area contributed by atoms with Gasteiger partial charge in [-0.1, -0.05) is 30.3 Å². The van der Waals surface area contributed by atoms with Crippen LogP contribution in [0.25, 0.3) is 0 Å². The number of hydrogen-bond acceptors (Lipinski definition) is 4. The van der Waals surface area contributed by atoms with E-state index in [0.717, 1.165) is 57.7 Å². The summed E-state index contributed by atoms with van der Waals surface area (Å²) in [4.78, 5) is 24.8. The standard InChI is InChI=1S/C24H30N4O/c29-24(18-26-14-16-27(17-15-26)23-10-3-4-13-25-23)28(20-11-12-20)22-9-5-7-19-6-1-2-8-21(19)22/h1-4,6,8,10,13,20,22H,5,7,9,11-12,14-18H2. The minimum Gasteiger partial charge on any atom is -0.354 e. The number of nitrogens with zero attached hydrogens (tertiary/aromatic N) is 4. The summed E-state index contributed by atoms with van der Waals surface area (Å²) in [7, 11) is 0. The molecule has 1 aromatic carbocycles. The third-order valence-corrected chi connectivity index (χ3v) is 6.61. The van der Waals surface area contributed by atoms with Crippen molar-refractivity contribution in [2.45, 2.75) is 44.2 Å². The second-order valence-electron chi connectivity index (χ2n) is 8.59. The van der Waals surface area contributed by atoms with Crippen LogP contribution in [0.1, 0.15) is 42.9 Å². The number of aryl methyl sites for hydroxylation is 1. The maximum atomic E-state index is 13.4. The lowest BCUT2D eigenvalue weighted by Crippen LogP contribution is -2.51. The maximum Gasteiger partial charge on any atom is 0.237 e. The number of fused-ring (bicyclic) bond motifs is 1. The van der Waals surface area contributed by atoms with Gasteiger partial charge in [0.2, 0.25) is 5.91 Å². The first-order valence-electron chi connectivity index (χ1n) is 11.1. The maximum absolute atomic E-state index is 13.4. The van der Waals surface area contributed by atoms with Gasteiger partial charge in [-0.05, 0) is 55.4 Å². The van der Waals surface area contributed by atoms with Gasteiger partial charge in [0.05, 0.1) is 12.6 Å².